The minimum absolute atomic E-state index is 0.0735. The minimum Gasteiger partial charge on any atom is -0.353 e. The van der Waals surface area contributed by atoms with E-state index in [4.69, 9.17) is 11.6 Å². The van der Waals surface area contributed by atoms with Gasteiger partial charge in [0.2, 0.25) is 5.91 Å². The van der Waals surface area contributed by atoms with Crippen LogP contribution in [0.2, 0.25) is 0 Å². The van der Waals surface area contributed by atoms with Gasteiger partial charge in [-0.1, -0.05) is 43.7 Å². The molecule has 2 nitrogen and oxygen atoms in total. The fourth-order valence-electron chi connectivity index (χ4n) is 1.96. The molecule has 0 heterocycles. The summed E-state index contributed by atoms with van der Waals surface area (Å²) < 4.78 is 0. The van der Waals surface area contributed by atoms with E-state index in [2.05, 4.69) is 19.2 Å². The van der Waals surface area contributed by atoms with Crippen molar-refractivity contribution in [2.75, 3.05) is 5.88 Å². The molecule has 1 amide bonds. The number of carbonyl (C=O) groups excluding carboxylic acids is 1. The Morgan fingerprint density at radius 3 is 2.67 bits per heavy atom. The predicted octanol–water partition coefficient (Wildman–Crippen LogP) is 3.31. The van der Waals surface area contributed by atoms with Crippen LogP contribution in [-0.2, 0) is 11.2 Å². The van der Waals surface area contributed by atoms with Crippen molar-refractivity contribution in [2.24, 2.45) is 5.92 Å². The van der Waals surface area contributed by atoms with Crippen molar-refractivity contribution in [1.29, 1.82) is 0 Å². The average molecular weight is 268 g/mol. The zero-order chi connectivity index (χ0) is 13.5. The van der Waals surface area contributed by atoms with Crippen LogP contribution in [0.5, 0.6) is 0 Å². The molecule has 1 N–H and O–H groups in total. The highest BCUT2D eigenvalue weighted by molar-refractivity contribution is 6.17. The third-order valence-electron chi connectivity index (χ3n) is 3.02. The standard InChI is InChI=1S/C15H22ClNO/c1-11(2)14(7-8-16)17-15(18)10-13-6-4-5-12(3)9-13/h4-6,9,11,14H,7-8,10H2,1-3H3,(H,17,18). The maximum Gasteiger partial charge on any atom is 0.224 e. The van der Waals surface area contributed by atoms with Gasteiger partial charge in [0.1, 0.15) is 0 Å². The largest absolute Gasteiger partial charge is 0.353 e. The maximum atomic E-state index is 12.0. The van der Waals surface area contributed by atoms with Crippen LogP contribution in [0.3, 0.4) is 0 Å². The molecular formula is C15H22ClNO. The number of benzene rings is 1. The summed E-state index contributed by atoms with van der Waals surface area (Å²) in [7, 11) is 0. The molecule has 0 aliphatic rings. The van der Waals surface area contributed by atoms with Crippen molar-refractivity contribution in [3.05, 3.63) is 35.4 Å². The second kappa shape index (κ2) is 7.42. The summed E-state index contributed by atoms with van der Waals surface area (Å²) in [4.78, 5) is 12.0. The lowest BCUT2D eigenvalue weighted by Crippen LogP contribution is -2.39. The smallest absolute Gasteiger partial charge is 0.224 e. The van der Waals surface area contributed by atoms with E-state index in [1.165, 1.54) is 5.56 Å². The number of hydrogen-bond acceptors (Lipinski definition) is 1. The van der Waals surface area contributed by atoms with Gasteiger partial charge in [0, 0.05) is 11.9 Å². The molecule has 0 radical (unpaired) electrons. The van der Waals surface area contributed by atoms with Crippen LogP contribution in [0.4, 0.5) is 0 Å². The second-order valence-corrected chi connectivity index (χ2v) is 5.44. The molecule has 1 aromatic carbocycles. The van der Waals surface area contributed by atoms with Gasteiger partial charge in [-0.25, -0.2) is 0 Å². The molecule has 0 aromatic heterocycles. The normalized spacial score (nSPS) is 12.5. The molecule has 0 saturated heterocycles. The Balaban J connectivity index is 2.55. The summed E-state index contributed by atoms with van der Waals surface area (Å²) in [6.07, 6.45) is 1.26. The molecule has 0 spiro atoms. The first kappa shape index (κ1) is 15.0. The van der Waals surface area contributed by atoms with E-state index in [0.717, 1.165) is 12.0 Å². The summed E-state index contributed by atoms with van der Waals surface area (Å²) in [5.41, 5.74) is 2.24. The SMILES string of the molecule is Cc1cccc(CC(=O)NC(CCCl)C(C)C)c1. The molecule has 0 fully saturated rings. The van der Waals surface area contributed by atoms with Crippen molar-refractivity contribution in [3.63, 3.8) is 0 Å². The number of alkyl halides is 1. The number of rotatable bonds is 6. The minimum atomic E-state index is 0.0735. The Bertz CT molecular complexity index is 390. The first-order valence-electron chi connectivity index (χ1n) is 6.43. The quantitative estimate of drug-likeness (QED) is 0.788. The molecule has 100 valence electrons. The Kier molecular flexibility index (Phi) is 6.20. The monoisotopic (exact) mass is 267 g/mol. The van der Waals surface area contributed by atoms with Gasteiger partial charge in [-0.2, -0.15) is 0 Å². The van der Waals surface area contributed by atoms with E-state index in [1.54, 1.807) is 0 Å². The molecule has 1 unspecified atom stereocenters. The third kappa shape index (κ3) is 5.09. The number of aryl methyl sites for hydroxylation is 1. The van der Waals surface area contributed by atoms with Crippen molar-refractivity contribution >= 4 is 17.5 Å². The maximum absolute atomic E-state index is 12.0. The molecule has 1 atom stereocenters. The zero-order valence-electron chi connectivity index (χ0n) is 11.4. The number of amides is 1. The van der Waals surface area contributed by atoms with Gasteiger partial charge < -0.3 is 5.32 Å². The van der Waals surface area contributed by atoms with Gasteiger partial charge in [-0.05, 0) is 24.8 Å². The summed E-state index contributed by atoms with van der Waals surface area (Å²) in [5, 5.41) is 3.06. The van der Waals surface area contributed by atoms with Crippen LogP contribution in [-0.4, -0.2) is 17.8 Å². The lowest BCUT2D eigenvalue weighted by atomic mass is 10.0. The number of hydrogen-bond donors (Lipinski definition) is 1. The first-order valence-corrected chi connectivity index (χ1v) is 6.97. The van der Waals surface area contributed by atoms with Gasteiger partial charge in [0.05, 0.1) is 6.42 Å². The van der Waals surface area contributed by atoms with Gasteiger partial charge in [-0.3, -0.25) is 4.79 Å². The predicted molar refractivity (Wildman–Crippen MR) is 77.0 cm³/mol. The lowest BCUT2D eigenvalue weighted by Gasteiger charge is -2.21. The first-order chi connectivity index (χ1) is 8.52. The summed E-state index contributed by atoms with van der Waals surface area (Å²) in [6, 6.07) is 8.21. The Morgan fingerprint density at radius 2 is 2.11 bits per heavy atom. The second-order valence-electron chi connectivity index (χ2n) is 5.06. The highest BCUT2D eigenvalue weighted by Crippen LogP contribution is 2.09. The van der Waals surface area contributed by atoms with Crippen LogP contribution in [0.1, 0.15) is 31.4 Å². The van der Waals surface area contributed by atoms with Crippen molar-refractivity contribution < 1.29 is 4.79 Å². The topological polar surface area (TPSA) is 29.1 Å². The number of halogens is 1. The molecule has 18 heavy (non-hydrogen) atoms. The summed E-state index contributed by atoms with van der Waals surface area (Å²) in [6.45, 7) is 6.24. The van der Waals surface area contributed by atoms with Crippen LogP contribution in [0, 0.1) is 12.8 Å². The third-order valence-corrected chi connectivity index (χ3v) is 3.24. The van der Waals surface area contributed by atoms with Gasteiger partial charge in [0.15, 0.2) is 0 Å². The van der Waals surface area contributed by atoms with Crippen LogP contribution < -0.4 is 5.32 Å². The molecule has 0 aliphatic carbocycles. The Morgan fingerprint density at radius 1 is 1.39 bits per heavy atom. The van der Waals surface area contributed by atoms with Crippen molar-refractivity contribution in [3.8, 4) is 0 Å². The highest BCUT2D eigenvalue weighted by Gasteiger charge is 2.15. The van der Waals surface area contributed by atoms with Crippen molar-refractivity contribution in [2.45, 2.75) is 39.7 Å². The Labute approximate surface area is 115 Å². The molecule has 0 saturated carbocycles. The van der Waals surface area contributed by atoms with E-state index >= 15 is 0 Å². The van der Waals surface area contributed by atoms with Gasteiger partial charge >= 0.3 is 0 Å². The molecular weight excluding hydrogens is 246 g/mol. The van der Waals surface area contributed by atoms with E-state index < -0.39 is 0 Å². The molecule has 1 rings (SSSR count). The molecule has 1 aromatic rings. The highest BCUT2D eigenvalue weighted by atomic mass is 35.5. The van der Waals surface area contributed by atoms with E-state index in [9.17, 15) is 4.79 Å². The van der Waals surface area contributed by atoms with Gasteiger partial charge in [-0.15, -0.1) is 11.6 Å². The van der Waals surface area contributed by atoms with Crippen LogP contribution >= 0.6 is 11.6 Å². The summed E-state index contributed by atoms with van der Waals surface area (Å²) >= 11 is 5.75. The van der Waals surface area contributed by atoms with Gasteiger partial charge in [0.25, 0.3) is 0 Å². The average Bonchev–Trinajstić information content (AvgIpc) is 2.28. The van der Waals surface area contributed by atoms with E-state index in [0.29, 0.717) is 18.2 Å². The molecule has 0 aliphatic heterocycles. The van der Waals surface area contributed by atoms with Crippen LogP contribution in [0.15, 0.2) is 24.3 Å². The fraction of sp³-hybridized carbons (Fsp3) is 0.533. The fourth-order valence-corrected chi connectivity index (χ4v) is 2.19. The lowest BCUT2D eigenvalue weighted by molar-refractivity contribution is -0.121. The van der Waals surface area contributed by atoms with E-state index in [-0.39, 0.29) is 11.9 Å². The van der Waals surface area contributed by atoms with Crippen molar-refractivity contribution in [1.82, 2.24) is 5.32 Å². The number of carbonyl (C=O) groups is 1. The molecule has 0 bridgehead atoms. The number of nitrogens with one attached hydrogen (secondary N) is 1. The van der Waals surface area contributed by atoms with Crippen LogP contribution in [0.25, 0.3) is 0 Å². The Hall–Kier alpha value is -1.02. The van der Waals surface area contributed by atoms with E-state index in [1.807, 2.05) is 31.2 Å². The zero-order valence-corrected chi connectivity index (χ0v) is 12.1. The molecule has 3 heteroatoms. The summed E-state index contributed by atoms with van der Waals surface area (Å²) in [5.74, 6) is 1.06.